The number of nitrogens with one attached hydrogen (secondary N) is 1. The third-order valence-corrected chi connectivity index (χ3v) is 6.32. The van der Waals surface area contributed by atoms with Crippen LogP contribution in [0.5, 0.6) is 11.5 Å². The molecule has 128 valence electrons. The molecule has 0 bridgehead atoms. The maximum Gasteiger partial charge on any atom is 0.241 e. The fraction of sp³-hybridized carbons (Fsp3) is 0.625. The van der Waals surface area contributed by atoms with Crippen molar-refractivity contribution in [3.05, 3.63) is 18.2 Å². The standard InChI is InChI=1S/C16H24N2O4S/c1-21-15-7-6-12(11-16(15)22-2)23(19,20)17-13-8-10-18-9-4-3-5-14(13)18/h6-7,11,13-14,17H,3-5,8-10H2,1-2H3/t13-,14-/m0/s1. The Balaban J connectivity index is 1.79. The first kappa shape index (κ1) is 16.5. The third kappa shape index (κ3) is 3.32. The Kier molecular flexibility index (Phi) is 4.79. The van der Waals surface area contributed by atoms with Gasteiger partial charge in [0.1, 0.15) is 0 Å². The monoisotopic (exact) mass is 340 g/mol. The predicted molar refractivity (Wildman–Crippen MR) is 87.5 cm³/mol. The van der Waals surface area contributed by atoms with Crippen molar-refractivity contribution in [2.24, 2.45) is 0 Å². The van der Waals surface area contributed by atoms with Gasteiger partial charge in [0.15, 0.2) is 11.5 Å². The fourth-order valence-electron chi connectivity index (χ4n) is 3.64. The lowest BCUT2D eigenvalue weighted by Crippen LogP contribution is -2.46. The number of sulfonamides is 1. The molecule has 0 saturated carbocycles. The van der Waals surface area contributed by atoms with E-state index in [0.717, 1.165) is 25.9 Å². The molecule has 1 N–H and O–H groups in total. The molecular formula is C16H24N2O4S. The van der Waals surface area contributed by atoms with Gasteiger partial charge in [-0.1, -0.05) is 6.42 Å². The number of ether oxygens (including phenoxy) is 2. The van der Waals surface area contributed by atoms with E-state index in [9.17, 15) is 8.42 Å². The smallest absolute Gasteiger partial charge is 0.241 e. The van der Waals surface area contributed by atoms with Gasteiger partial charge in [0.05, 0.1) is 19.1 Å². The lowest BCUT2D eigenvalue weighted by molar-refractivity contribution is 0.186. The van der Waals surface area contributed by atoms with Gasteiger partial charge in [0.2, 0.25) is 10.0 Å². The van der Waals surface area contributed by atoms with Gasteiger partial charge in [-0.05, 0) is 37.9 Å². The first-order valence-electron chi connectivity index (χ1n) is 8.03. The van der Waals surface area contributed by atoms with Gasteiger partial charge in [-0.2, -0.15) is 0 Å². The zero-order chi connectivity index (χ0) is 16.4. The molecule has 0 amide bonds. The highest BCUT2D eigenvalue weighted by molar-refractivity contribution is 7.89. The van der Waals surface area contributed by atoms with Crippen molar-refractivity contribution in [3.8, 4) is 11.5 Å². The Morgan fingerprint density at radius 2 is 1.87 bits per heavy atom. The quantitative estimate of drug-likeness (QED) is 0.882. The molecule has 6 nitrogen and oxygen atoms in total. The van der Waals surface area contributed by atoms with E-state index in [1.807, 2.05) is 0 Å². The van der Waals surface area contributed by atoms with E-state index >= 15 is 0 Å². The number of methoxy groups -OCH3 is 2. The summed E-state index contributed by atoms with van der Waals surface area (Å²) >= 11 is 0. The van der Waals surface area contributed by atoms with Gasteiger partial charge >= 0.3 is 0 Å². The summed E-state index contributed by atoms with van der Waals surface area (Å²) in [5, 5.41) is 0. The number of nitrogens with zero attached hydrogens (tertiary/aromatic N) is 1. The molecule has 0 spiro atoms. The first-order valence-corrected chi connectivity index (χ1v) is 9.52. The van der Waals surface area contributed by atoms with Crippen LogP contribution in [0.15, 0.2) is 23.1 Å². The van der Waals surface area contributed by atoms with Crippen LogP contribution in [0.1, 0.15) is 25.7 Å². The molecule has 1 aromatic carbocycles. The van der Waals surface area contributed by atoms with Crippen LogP contribution < -0.4 is 14.2 Å². The SMILES string of the molecule is COc1ccc(S(=O)(=O)N[C@H]2CCN3CCCC[C@@H]23)cc1OC. The van der Waals surface area contributed by atoms with E-state index in [2.05, 4.69) is 9.62 Å². The topological polar surface area (TPSA) is 67.9 Å². The Morgan fingerprint density at radius 1 is 1.09 bits per heavy atom. The number of hydrogen-bond acceptors (Lipinski definition) is 5. The predicted octanol–water partition coefficient (Wildman–Crippen LogP) is 1.61. The second kappa shape index (κ2) is 6.67. The van der Waals surface area contributed by atoms with Gasteiger partial charge in [-0.25, -0.2) is 13.1 Å². The molecule has 0 unspecified atom stereocenters. The van der Waals surface area contributed by atoms with Crippen molar-refractivity contribution in [2.45, 2.75) is 42.7 Å². The summed E-state index contributed by atoms with van der Waals surface area (Å²) in [6.07, 6.45) is 4.33. The summed E-state index contributed by atoms with van der Waals surface area (Å²) in [5.41, 5.74) is 0. The average Bonchev–Trinajstić information content (AvgIpc) is 2.96. The Bertz CT molecular complexity index is 662. The van der Waals surface area contributed by atoms with Gasteiger partial charge in [0.25, 0.3) is 0 Å². The molecule has 7 heteroatoms. The Labute approximate surface area is 137 Å². The van der Waals surface area contributed by atoms with Gasteiger partial charge in [-0.3, -0.25) is 4.90 Å². The summed E-state index contributed by atoms with van der Waals surface area (Å²) in [6, 6.07) is 5.01. The minimum Gasteiger partial charge on any atom is -0.493 e. The van der Waals surface area contributed by atoms with E-state index in [4.69, 9.17) is 9.47 Å². The highest BCUT2D eigenvalue weighted by Gasteiger charge is 2.37. The molecule has 2 atom stereocenters. The van der Waals surface area contributed by atoms with Crippen molar-refractivity contribution in [3.63, 3.8) is 0 Å². The van der Waals surface area contributed by atoms with Crippen LogP contribution in [0.25, 0.3) is 0 Å². The summed E-state index contributed by atoms with van der Waals surface area (Å²) in [6.45, 7) is 2.06. The summed E-state index contributed by atoms with van der Waals surface area (Å²) < 4.78 is 38.7. The average molecular weight is 340 g/mol. The normalized spacial score (nSPS) is 25.1. The fourth-order valence-corrected chi connectivity index (χ4v) is 4.95. The highest BCUT2D eigenvalue weighted by atomic mass is 32.2. The van der Waals surface area contributed by atoms with Gasteiger partial charge < -0.3 is 9.47 Å². The van der Waals surface area contributed by atoms with E-state index in [-0.39, 0.29) is 10.9 Å². The van der Waals surface area contributed by atoms with E-state index < -0.39 is 10.0 Å². The van der Waals surface area contributed by atoms with Crippen LogP contribution in [0.4, 0.5) is 0 Å². The maximum absolute atomic E-state index is 12.7. The molecule has 0 aromatic heterocycles. The maximum atomic E-state index is 12.7. The van der Waals surface area contributed by atoms with Crippen molar-refractivity contribution >= 4 is 10.0 Å². The molecule has 2 saturated heterocycles. The number of rotatable bonds is 5. The Hall–Kier alpha value is -1.31. The van der Waals surface area contributed by atoms with Crippen molar-refractivity contribution in [1.82, 2.24) is 9.62 Å². The Morgan fingerprint density at radius 3 is 2.61 bits per heavy atom. The van der Waals surface area contributed by atoms with Crippen LogP contribution in [-0.4, -0.2) is 52.7 Å². The van der Waals surface area contributed by atoms with Gasteiger partial charge in [0, 0.05) is 24.7 Å². The highest BCUT2D eigenvalue weighted by Crippen LogP contribution is 2.31. The van der Waals surface area contributed by atoms with Gasteiger partial charge in [-0.15, -0.1) is 0 Å². The number of fused-ring (bicyclic) bond motifs is 1. The van der Waals surface area contributed by atoms with Crippen LogP contribution >= 0.6 is 0 Å². The zero-order valence-corrected chi connectivity index (χ0v) is 14.4. The van der Waals surface area contributed by atoms with E-state index in [0.29, 0.717) is 17.5 Å². The molecule has 23 heavy (non-hydrogen) atoms. The van der Waals surface area contributed by atoms with Crippen LogP contribution in [-0.2, 0) is 10.0 Å². The van der Waals surface area contributed by atoms with E-state index in [1.165, 1.54) is 33.1 Å². The molecular weight excluding hydrogens is 316 g/mol. The second-order valence-corrected chi connectivity index (χ2v) is 7.85. The molecule has 2 fully saturated rings. The number of benzene rings is 1. The summed E-state index contributed by atoms with van der Waals surface area (Å²) in [5.74, 6) is 0.937. The number of piperidine rings is 1. The molecule has 1 aromatic rings. The van der Waals surface area contributed by atoms with Crippen molar-refractivity contribution < 1.29 is 17.9 Å². The molecule has 3 rings (SSSR count). The third-order valence-electron chi connectivity index (χ3n) is 4.83. The van der Waals surface area contributed by atoms with Crippen LogP contribution in [0.2, 0.25) is 0 Å². The second-order valence-electron chi connectivity index (χ2n) is 6.13. The van der Waals surface area contributed by atoms with Crippen molar-refractivity contribution in [1.29, 1.82) is 0 Å². The first-order chi connectivity index (χ1) is 11.0. The van der Waals surface area contributed by atoms with E-state index in [1.54, 1.807) is 12.1 Å². The molecule has 0 aliphatic carbocycles. The summed E-state index contributed by atoms with van der Waals surface area (Å²) in [4.78, 5) is 2.62. The zero-order valence-electron chi connectivity index (χ0n) is 13.6. The largest absolute Gasteiger partial charge is 0.493 e. The molecule has 0 radical (unpaired) electrons. The molecule has 2 heterocycles. The lowest BCUT2D eigenvalue weighted by Gasteiger charge is -2.32. The summed E-state index contributed by atoms with van der Waals surface area (Å²) in [7, 11) is -0.537. The minimum atomic E-state index is -3.56. The molecule has 2 aliphatic rings. The molecule has 2 aliphatic heterocycles. The minimum absolute atomic E-state index is 0.00611. The lowest BCUT2D eigenvalue weighted by atomic mass is 10.00. The van der Waals surface area contributed by atoms with Crippen molar-refractivity contribution in [2.75, 3.05) is 27.3 Å². The number of hydrogen-bond donors (Lipinski definition) is 1. The van der Waals surface area contributed by atoms with Crippen LogP contribution in [0, 0.1) is 0 Å². The van der Waals surface area contributed by atoms with Crippen LogP contribution in [0.3, 0.4) is 0 Å².